The van der Waals surface area contributed by atoms with Gasteiger partial charge in [0.05, 0.1) is 5.56 Å². The third-order valence-electron chi connectivity index (χ3n) is 4.92. The van der Waals surface area contributed by atoms with Gasteiger partial charge in [-0.05, 0) is 64.5 Å². The molecule has 0 atom stereocenters. The highest BCUT2D eigenvalue weighted by Gasteiger charge is 2.22. The number of amides is 2. The van der Waals surface area contributed by atoms with E-state index in [1.54, 1.807) is 12.1 Å². The maximum atomic E-state index is 12.3. The predicted molar refractivity (Wildman–Crippen MR) is 128 cm³/mol. The second kappa shape index (κ2) is 10.0. The molecular weight excluding hydrogens is 464 g/mol. The van der Waals surface area contributed by atoms with E-state index in [1.807, 2.05) is 55.1 Å². The van der Waals surface area contributed by atoms with E-state index in [-0.39, 0.29) is 22.8 Å². The molecule has 2 N–H and O–H groups in total. The smallest absolute Gasteiger partial charge is 0.258 e. The summed E-state index contributed by atoms with van der Waals surface area (Å²) in [5, 5.41) is 5.97. The van der Waals surface area contributed by atoms with Gasteiger partial charge in [0.2, 0.25) is 5.91 Å². The van der Waals surface area contributed by atoms with E-state index in [0.29, 0.717) is 10.0 Å². The third kappa shape index (κ3) is 5.58. The lowest BCUT2D eigenvalue weighted by Gasteiger charge is -2.37. The Bertz CT molecular complexity index is 925. The topological polar surface area (TPSA) is 64.7 Å². The van der Waals surface area contributed by atoms with Crippen molar-refractivity contribution in [2.24, 2.45) is 5.92 Å². The summed E-state index contributed by atoms with van der Waals surface area (Å²) >= 11 is 8.63. The van der Waals surface area contributed by atoms with Gasteiger partial charge in [-0.25, -0.2) is 0 Å². The molecule has 1 aliphatic heterocycles. The first-order chi connectivity index (χ1) is 14.3. The number of halogens is 1. The number of hydrogen-bond acceptors (Lipinski definition) is 4. The van der Waals surface area contributed by atoms with Crippen LogP contribution in [0.5, 0.6) is 0 Å². The van der Waals surface area contributed by atoms with Gasteiger partial charge >= 0.3 is 0 Å². The first-order valence-electron chi connectivity index (χ1n) is 9.86. The summed E-state index contributed by atoms with van der Waals surface area (Å²) in [6, 6.07) is 15.1. The van der Waals surface area contributed by atoms with Crippen LogP contribution >= 0.6 is 28.1 Å². The molecule has 1 fully saturated rings. The Labute approximate surface area is 190 Å². The Hall–Kier alpha value is -2.45. The van der Waals surface area contributed by atoms with Crippen molar-refractivity contribution in [3.63, 3.8) is 0 Å². The zero-order chi connectivity index (χ0) is 21.7. The van der Waals surface area contributed by atoms with Crippen LogP contribution in [0.3, 0.4) is 0 Å². The number of piperazine rings is 1. The maximum Gasteiger partial charge on any atom is 0.258 e. The van der Waals surface area contributed by atoms with E-state index in [9.17, 15) is 9.59 Å². The number of carbonyl (C=O) groups excluding carboxylic acids is 2. The van der Waals surface area contributed by atoms with Crippen LogP contribution in [-0.4, -0.2) is 48.0 Å². The second-order valence-corrected chi connectivity index (χ2v) is 8.66. The van der Waals surface area contributed by atoms with Crippen LogP contribution in [0.2, 0.25) is 0 Å². The molecule has 1 aliphatic rings. The first-order valence-corrected chi connectivity index (χ1v) is 11.1. The number of rotatable bonds is 4. The molecule has 1 heterocycles. The van der Waals surface area contributed by atoms with Crippen LogP contribution in [0.1, 0.15) is 24.2 Å². The molecule has 0 unspecified atom stereocenters. The Morgan fingerprint density at radius 2 is 1.63 bits per heavy atom. The molecule has 6 nitrogen and oxygen atoms in total. The number of hydrogen-bond donors (Lipinski definition) is 2. The van der Waals surface area contributed by atoms with Crippen LogP contribution in [0.4, 0.5) is 11.4 Å². The van der Waals surface area contributed by atoms with Crippen molar-refractivity contribution < 1.29 is 9.59 Å². The van der Waals surface area contributed by atoms with E-state index < -0.39 is 0 Å². The molecule has 158 valence electrons. The Balaban J connectivity index is 1.52. The van der Waals surface area contributed by atoms with Crippen LogP contribution < -0.4 is 15.5 Å². The molecule has 1 saturated heterocycles. The zero-order valence-corrected chi connectivity index (χ0v) is 19.4. The van der Waals surface area contributed by atoms with Gasteiger partial charge in [-0.15, -0.1) is 0 Å². The molecule has 3 rings (SSSR count). The molecule has 0 bridgehead atoms. The summed E-state index contributed by atoms with van der Waals surface area (Å²) in [5.41, 5.74) is 2.41. The fourth-order valence-corrected chi connectivity index (χ4v) is 3.96. The fourth-order valence-electron chi connectivity index (χ4n) is 3.28. The molecule has 30 heavy (non-hydrogen) atoms. The highest BCUT2D eigenvalue weighted by atomic mass is 79.9. The second-order valence-electron chi connectivity index (χ2n) is 7.40. The molecule has 0 saturated carbocycles. The quantitative estimate of drug-likeness (QED) is 0.639. The number of carbonyl (C=O) groups is 2. The summed E-state index contributed by atoms with van der Waals surface area (Å²) in [7, 11) is 0. The van der Waals surface area contributed by atoms with E-state index in [1.165, 1.54) is 0 Å². The Kier molecular flexibility index (Phi) is 7.44. The van der Waals surface area contributed by atoms with Crippen LogP contribution in [0, 0.1) is 5.92 Å². The molecule has 2 amide bonds. The SMILES string of the molecule is CC(C)C(=O)N1CCN(c2ccc(NC(=S)NC(=O)c3ccccc3Br)cc2)CC1. The van der Waals surface area contributed by atoms with Gasteiger partial charge in [0.15, 0.2) is 5.11 Å². The van der Waals surface area contributed by atoms with Crippen molar-refractivity contribution in [3.8, 4) is 0 Å². The predicted octanol–water partition coefficient (Wildman–Crippen LogP) is 3.88. The lowest BCUT2D eigenvalue weighted by atomic mass is 10.1. The minimum Gasteiger partial charge on any atom is -0.368 e. The highest BCUT2D eigenvalue weighted by Crippen LogP contribution is 2.20. The molecule has 0 radical (unpaired) electrons. The summed E-state index contributed by atoms with van der Waals surface area (Å²) < 4.78 is 0.713. The van der Waals surface area contributed by atoms with E-state index in [2.05, 4.69) is 31.5 Å². The minimum absolute atomic E-state index is 0.0363. The van der Waals surface area contributed by atoms with Gasteiger partial charge < -0.3 is 15.1 Å². The van der Waals surface area contributed by atoms with Gasteiger partial charge in [-0.2, -0.15) is 0 Å². The number of thiocarbonyl (C=S) groups is 1. The first kappa shape index (κ1) is 22.2. The Morgan fingerprint density at radius 3 is 2.23 bits per heavy atom. The van der Waals surface area contributed by atoms with Crippen molar-refractivity contribution in [2.45, 2.75) is 13.8 Å². The van der Waals surface area contributed by atoms with Crippen molar-refractivity contribution in [1.29, 1.82) is 0 Å². The van der Waals surface area contributed by atoms with Crippen LogP contribution in [0.25, 0.3) is 0 Å². The van der Waals surface area contributed by atoms with E-state index in [0.717, 1.165) is 37.6 Å². The van der Waals surface area contributed by atoms with Gasteiger partial charge in [0, 0.05) is 47.9 Å². The zero-order valence-electron chi connectivity index (χ0n) is 17.0. The summed E-state index contributed by atoms with van der Waals surface area (Å²) in [6.45, 7) is 6.97. The molecule has 0 aromatic heterocycles. The largest absolute Gasteiger partial charge is 0.368 e. The minimum atomic E-state index is -0.273. The van der Waals surface area contributed by atoms with Crippen molar-refractivity contribution in [2.75, 3.05) is 36.4 Å². The van der Waals surface area contributed by atoms with Gasteiger partial charge in [0.1, 0.15) is 0 Å². The highest BCUT2D eigenvalue weighted by molar-refractivity contribution is 9.10. The van der Waals surface area contributed by atoms with Crippen LogP contribution in [0.15, 0.2) is 53.0 Å². The fraction of sp³-hybridized carbons (Fsp3) is 0.318. The third-order valence-corrected chi connectivity index (χ3v) is 5.82. The van der Waals surface area contributed by atoms with Gasteiger partial charge in [-0.3, -0.25) is 14.9 Å². The number of nitrogens with one attached hydrogen (secondary N) is 2. The average molecular weight is 489 g/mol. The summed E-state index contributed by atoms with van der Waals surface area (Å²) in [5.74, 6) is -0.0214. The molecule has 2 aromatic rings. The number of anilines is 2. The maximum absolute atomic E-state index is 12.3. The molecular formula is C22H25BrN4O2S. The lowest BCUT2D eigenvalue weighted by Crippen LogP contribution is -2.49. The average Bonchev–Trinajstić information content (AvgIpc) is 2.74. The molecule has 2 aromatic carbocycles. The number of nitrogens with zero attached hydrogens (tertiary/aromatic N) is 2. The van der Waals surface area contributed by atoms with Gasteiger partial charge in [0.25, 0.3) is 5.91 Å². The normalized spacial score (nSPS) is 13.9. The molecule has 0 spiro atoms. The molecule has 8 heteroatoms. The standard InChI is InChI=1S/C22H25BrN4O2S/c1-15(2)21(29)27-13-11-26(12-14-27)17-9-7-16(8-10-17)24-22(30)25-20(28)18-5-3-4-6-19(18)23/h3-10,15H,11-14H2,1-2H3,(H2,24,25,28,30). The van der Waals surface area contributed by atoms with Crippen molar-refractivity contribution >= 4 is 56.4 Å². The monoisotopic (exact) mass is 488 g/mol. The van der Waals surface area contributed by atoms with Crippen LogP contribution in [-0.2, 0) is 4.79 Å². The van der Waals surface area contributed by atoms with Crippen molar-refractivity contribution in [1.82, 2.24) is 10.2 Å². The number of benzene rings is 2. The lowest BCUT2D eigenvalue weighted by molar-refractivity contribution is -0.134. The van der Waals surface area contributed by atoms with E-state index >= 15 is 0 Å². The Morgan fingerprint density at radius 1 is 1.00 bits per heavy atom. The molecule has 0 aliphatic carbocycles. The van der Waals surface area contributed by atoms with Gasteiger partial charge in [-0.1, -0.05) is 26.0 Å². The summed E-state index contributed by atoms with van der Waals surface area (Å²) in [6.07, 6.45) is 0. The van der Waals surface area contributed by atoms with Crippen molar-refractivity contribution in [3.05, 3.63) is 58.6 Å². The summed E-state index contributed by atoms with van der Waals surface area (Å²) in [4.78, 5) is 28.7. The van der Waals surface area contributed by atoms with E-state index in [4.69, 9.17) is 12.2 Å².